The van der Waals surface area contributed by atoms with Gasteiger partial charge in [0.2, 0.25) is 10.0 Å². The third-order valence-electron chi connectivity index (χ3n) is 5.80. The maximum Gasteiger partial charge on any atom is 0.267 e. The molecule has 2 heterocycles. The molecule has 1 aliphatic heterocycles. The first-order valence-electron chi connectivity index (χ1n) is 10.6. The maximum atomic E-state index is 14.7. The highest BCUT2D eigenvalue weighted by Crippen LogP contribution is 2.46. The lowest BCUT2D eigenvalue weighted by atomic mass is 9.83. The van der Waals surface area contributed by atoms with Gasteiger partial charge in [-0.3, -0.25) is 4.79 Å². The Morgan fingerprint density at radius 1 is 1.30 bits per heavy atom. The maximum absolute atomic E-state index is 14.7. The Morgan fingerprint density at radius 2 is 2.00 bits per heavy atom. The van der Waals surface area contributed by atoms with Crippen LogP contribution in [0.3, 0.4) is 0 Å². The van der Waals surface area contributed by atoms with E-state index in [4.69, 9.17) is 27.9 Å². The van der Waals surface area contributed by atoms with E-state index in [9.17, 15) is 17.6 Å². The summed E-state index contributed by atoms with van der Waals surface area (Å²) in [6.45, 7) is 5.09. The molecule has 0 spiro atoms. The van der Waals surface area contributed by atoms with Crippen LogP contribution in [0.2, 0.25) is 10.0 Å². The lowest BCUT2D eigenvalue weighted by Gasteiger charge is -2.48. The summed E-state index contributed by atoms with van der Waals surface area (Å²) in [5.74, 6) is -0.873. The van der Waals surface area contributed by atoms with Gasteiger partial charge in [-0.2, -0.15) is 0 Å². The number of carbonyl (C=O) groups is 1. The molecule has 1 N–H and O–H groups in total. The highest BCUT2D eigenvalue weighted by molar-refractivity contribution is 7.90. The molecule has 0 unspecified atom stereocenters. The molecule has 11 heteroatoms. The van der Waals surface area contributed by atoms with Gasteiger partial charge in [-0.1, -0.05) is 30.1 Å². The van der Waals surface area contributed by atoms with E-state index in [1.807, 2.05) is 9.62 Å². The van der Waals surface area contributed by atoms with Crippen LogP contribution in [0.4, 0.5) is 10.2 Å². The van der Waals surface area contributed by atoms with E-state index in [1.165, 1.54) is 19.1 Å². The van der Waals surface area contributed by atoms with E-state index < -0.39 is 21.7 Å². The fourth-order valence-electron chi connectivity index (χ4n) is 3.86. The second-order valence-electron chi connectivity index (χ2n) is 8.89. The monoisotopic (exact) mass is 515 g/mol. The van der Waals surface area contributed by atoms with Crippen molar-refractivity contribution in [2.75, 3.05) is 30.3 Å². The highest BCUT2D eigenvalue weighted by Gasteiger charge is 2.41. The van der Waals surface area contributed by atoms with Crippen molar-refractivity contribution in [3.63, 3.8) is 0 Å². The topological polar surface area (TPSA) is 88.6 Å². The highest BCUT2D eigenvalue weighted by atomic mass is 35.5. The molecular formula is C22H24Cl2FN3O4S. The molecule has 0 atom stereocenters. The van der Waals surface area contributed by atoms with E-state index >= 15 is 0 Å². The first-order valence-corrected chi connectivity index (χ1v) is 13.0. The van der Waals surface area contributed by atoms with E-state index in [1.54, 1.807) is 12.3 Å². The molecule has 7 nitrogen and oxygen atoms in total. The number of aromatic nitrogens is 1. The van der Waals surface area contributed by atoms with Crippen LogP contribution in [-0.2, 0) is 10.0 Å². The standard InChI is InChI=1S/C22H24Cl2FN3O4S/c1-3-33(30,31)27-21(29)16-7-15(13-4-5-13)19(8-18(16)25)32-12-22(2)10-28(11-22)20-17(24)6-14(23)9-26-20/h6-9,13H,3-5,10-12H2,1-2H3,(H,27,29). The van der Waals surface area contributed by atoms with Crippen LogP contribution in [0.5, 0.6) is 5.75 Å². The van der Waals surface area contributed by atoms with Gasteiger partial charge in [-0.15, -0.1) is 0 Å². The fraction of sp³-hybridized carbons (Fsp3) is 0.455. The zero-order valence-corrected chi connectivity index (χ0v) is 20.5. The van der Waals surface area contributed by atoms with Gasteiger partial charge in [0.15, 0.2) is 0 Å². The van der Waals surface area contributed by atoms with Gasteiger partial charge in [-0.05, 0) is 43.4 Å². The average Bonchev–Trinajstić information content (AvgIpc) is 3.55. The number of anilines is 1. The number of carbonyl (C=O) groups excluding carboxylic acids is 1. The number of rotatable bonds is 8. The lowest BCUT2D eigenvalue weighted by Crippen LogP contribution is -2.58. The minimum Gasteiger partial charge on any atom is -0.492 e. The number of sulfonamides is 1. The molecule has 1 amide bonds. The number of nitrogens with zero attached hydrogens (tertiary/aromatic N) is 2. The van der Waals surface area contributed by atoms with Crippen molar-refractivity contribution in [2.45, 2.75) is 32.6 Å². The molecule has 1 aliphatic carbocycles. The minimum absolute atomic E-state index is 0.165. The molecule has 1 aromatic carbocycles. The second kappa shape index (κ2) is 8.92. The normalized spacial score (nSPS) is 17.4. The van der Waals surface area contributed by atoms with Crippen molar-refractivity contribution in [3.8, 4) is 5.75 Å². The summed E-state index contributed by atoms with van der Waals surface area (Å²) >= 11 is 12.2. The number of nitrogens with one attached hydrogen (secondary N) is 1. The lowest BCUT2D eigenvalue weighted by molar-refractivity contribution is 0.0976. The molecule has 0 radical (unpaired) electrons. The third kappa shape index (κ3) is 5.36. The first-order chi connectivity index (χ1) is 15.5. The fourth-order valence-corrected chi connectivity index (χ4v) is 4.90. The number of ether oxygens (including phenoxy) is 1. The Kier molecular flexibility index (Phi) is 6.50. The van der Waals surface area contributed by atoms with Crippen molar-refractivity contribution in [1.82, 2.24) is 9.71 Å². The smallest absolute Gasteiger partial charge is 0.267 e. The Labute approximate surface area is 202 Å². The zero-order chi connectivity index (χ0) is 24.0. The molecule has 2 fully saturated rings. The molecule has 178 valence electrons. The van der Waals surface area contributed by atoms with E-state index in [-0.39, 0.29) is 22.6 Å². The third-order valence-corrected chi connectivity index (χ3v) is 7.54. The molecule has 2 aromatic rings. The summed E-state index contributed by atoms with van der Waals surface area (Å²) in [6, 6.07) is 4.24. The predicted molar refractivity (Wildman–Crippen MR) is 125 cm³/mol. The van der Waals surface area contributed by atoms with Gasteiger partial charge in [0.05, 0.1) is 28.0 Å². The molecule has 1 saturated heterocycles. The number of benzene rings is 1. The van der Waals surface area contributed by atoms with Gasteiger partial charge >= 0.3 is 0 Å². The van der Waals surface area contributed by atoms with Crippen molar-refractivity contribution >= 4 is 45.0 Å². The van der Waals surface area contributed by atoms with Crippen molar-refractivity contribution in [2.24, 2.45) is 5.41 Å². The zero-order valence-electron chi connectivity index (χ0n) is 18.2. The molecule has 0 bridgehead atoms. The molecule has 1 aromatic heterocycles. The van der Waals surface area contributed by atoms with Gasteiger partial charge in [0, 0.05) is 30.8 Å². The summed E-state index contributed by atoms with van der Waals surface area (Å²) in [5, 5.41) is 0.942. The Hall–Kier alpha value is -2.10. The van der Waals surface area contributed by atoms with E-state index in [2.05, 4.69) is 11.9 Å². The van der Waals surface area contributed by atoms with E-state index in [0.717, 1.165) is 18.4 Å². The van der Waals surface area contributed by atoms with Crippen molar-refractivity contribution in [1.29, 1.82) is 0 Å². The second-order valence-corrected chi connectivity index (χ2v) is 11.7. The summed E-state index contributed by atoms with van der Waals surface area (Å²) < 4.78 is 46.1. The van der Waals surface area contributed by atoms with Gasteiger partial charge in [0.25, 0.3) is 5.91 Å². The van der Waals surface area contributed by atoms with Crippen LogP contribution in [0, 0.1) is 11.2 Å². The molecule has 2 aliphatic rings. The van der Waals surface area contributed by atoms with Crippen LogP contribution in [0.25, 0.3) is 0 Å². The Balaban J connectivity index is 1.46. The summed E-state index contributed by atoms with van der Waals surface area (Å²) in [4.78, 5) is 18.6. The number of pyridine rings is 1. The number of amides is 1. The quantitative estimate of drug-likeness (QED) is 0.560. The summed E-state index contributed by atoms with van der Waals surface area (Å²) in [5.41, 5.74) is 0.219. The number of hydrogen-bond donors (Lipinski definition) is 1. The Morgan fingerprint density at radius 3 is 2.61 bits per heavy atom. The number of hydrogen-bond acceptors (Lipinski definition) is 6. The van der Waals surface area contributed by atoms with Crippen LogP contribution in [-0.4, -0.2) is 44.8 Å². The molecule has 33 heavy (non-hydrogen) atoms. The largest absolute Gasteiger partial charge is 0.492 e. The first kappa shape index (κ1) is 24.0. The number of halogens is 3. The van der Waals surface area contributed by atoms with Crippen LogP contribution >= 0.6 is 23.2 Å². The van der Waals surface area contributed by atoms with Crippen LogP contribution < -0.4 is 14.4 Å². The molecule has 1 saturated carbocycles. The van der Waals surface area contributed by atoms with Crippen molar-refractivity contribution < 1.29 is 22.3 Å². The summed E-state index contributed by atoms with van der Waals surface area (Å²) in [7, 11) is -3.79. The van der Waals surface area contributed by atoms with Gasteiger partial charge < -0.3 is 9.64 Å². The average molecular weight is 516 g/mol. The Bertz CT molecular complexity index is 1200. The summed E-state index contributed by atoms with van der Waals surface area (Å²) in [6.07, 6.45) is 3.35. The SMILES string of the molecule is CCS(=O)(=O)NC(=O)c1cc(C2CC2)c(OCC2(C)CN(c3ncc(Cl)cc3Cl)C2)cc1F. The van der Waals surface area contributed by atoms with E-state index in [0.29, 0.717) is 41.3 Å². The molecular weight excluding hydrogens is 492 g/mol. The van der Waals surface area contributed by atoms with Gasteiger partial charge in [-0.25, -0.2) is 22.5 Å². The van der Waals surface area contributed by atoms with Crippen molar-refractivity contribution in [3.05, 3.63) is 51.4 Å². The van der Waals surface area contributed by atoms with Crippen LogP contribution in [0.15, 0.2) is 24.4 Å². The van der Waals surface area contributed by atoms with Gasteiger partial charge in [0.1, 0.15) is 17.4 Å². The molecule has 4 rings (SSSR count). The minimum atomic E-state index is -3.79. The van der Waals surface area contributed by atoms with Crippen LogP contribution in [0.1, 0.15) is 48.5 Å². The predicted octanol–water partition coefficient (Wildman–Crippen LogP) is 4.39.